The normalized spacial score (nSPS) is 20.8. The lowest BCUT2D eigenvalue weighted by Gasteiger charge is -2.48. The van der Waals surface area contributed by atoms with Gasteiger partial charge in [0.1, 0.15) is 16.0 Å². The third-order valence-electron chi connectivity index (χ3n) is 6.62. The third kappa shape index (κ3) is 4.62. The van der Waals surface area contributed by atoms with Crippen LogP contribution in [-0.2, 0) is 25.0 Å². The predicted octanol–water partition coefficient (Wildman–Crippen LogP) is 4.64. The van der Waals surface area contributed by atoms with Gasteiger partial charge in [0.05, 0.1) is 11.0 Å². The number of hydrogen-bond donors (Lipinski definition) is 2. The fourth-order valence-corrected chi connectivity index (χ4v) is 6.44. The number of nitrogens with one attached hydrogen (secondary N) is 1. The molecule has 0 unspecified atom stereocenters. The van der Waals surface area contributed by atoms with E-state index in [-0.39, 0.29) is 23.3 Å². The Bertz CT molecular complexity index is 1340. The zero-order valence-electron chi connectivity index (χ0n) is 19.8. The number of aliphatic hydroxyl groups is 1. The van der Waals surface area contributed by atoms with E-state index in [4.69, 9.17) is 5.26 Å². The predicted molar refractivity (Wildman–Crippen MR) is 118 cm³/mol. The van der Waals surface area contributed by atoms with Gasteiger partial charge >= 0.3 is 12.4 Å². The molecule has 2 aromatic carbocycles. The first-order valence-electron chi connectivity index (χ1n) is 10.9. The molecule has 0 atom stereocenters. The molecule has 0 aliphatic heterocycles. The summed E-state index contributed by atoms with van der Waals surface area (Å²) in [6.45, 7) is 2.65. The molecule has 0 spiro atoms. The zero-order valence-corrected chi connectivity index (χ0v) is 20.6. The summed E-state index contributed by atoms with van der Waals surface area (Å²) >= 11 is 0. The van der Waals surface area contributed by atoms with Crippen LogP contribution in [0.4, 0.5) is 30.7 Å². The van der Waals surface area contributed by atoms with Gasteiger partial charge in [0.2, 0.25) is 5.91 Å². The topological polar surface area (TPSA) is 107 Å². The maximum absolute atomic E-state index is 13.6. The van der Waals surface area contributed by atoms with Crippen molar-refractivity contribution in [1.82, 2.24) is 5.32 Å². The van der Waals surface area contributed by atoms with Crippen LogP contribution in [0.3, 0.4) is 0 Å². The van der Waals surface area contributed by atoms with Gasteiger partial charge in [-0.15, -0.1) is 0 Å². The number of sulfone groups is 1. The van der Waals surface area contributed by atoms with Crippen LogP contribution in [0, 0.1) is 22.6 Å². The summed E-state index contributed by atoms with van der Waals surface area (Å²) in [6, 6.07) is 6.75. The fraction of sp³-hybridized carbons (Fsp3) is 0.417. The Kier molecular flexibility index (Phi) is 7.14. The van der Waals surface area contributed by atoms with Crippen LogP contribution in [-0.4, -0.2) is 37.8 Å². The van der Waals surface area contributed by atoms with Crippen molar-refractivity contribution in [2.75, 3.05) is 0 Å². The van der Waals surface area contributed by atoms with Crippen LogP contribution >= 0.6 is 0 Å². The minimum Gasteiger partial charge on any atom is -0.369 e. The molecular formula is C24H21F7N2O4S. The van der Waals surface area contributed by atoms with Crippen molar-refractivity contribution < 1.29 is 49.1 Å². The maximum Gasteiger partial charge on any atom is 0.430 e. The molecule has 0 heterocycles. The van der Waals surface area contributed by atoms with Crippen molar-refractivity contribution in [3.63, 3.8) is 0 Å². The Morgan fingerprint density at radius 2 is 1.45 bits per heavy atom. The molecule has 2 N–H and O–H groups in total. The van der Waals surface area contributed by atoms with Crippen LogP contribution in [0.2, 0.25) is 0 Å². The molecular weight excluding hydrogens is 545 g/mol. The summed E-state index contributed by atoms with van der Waals surface area (Å²) in [4.78, 5) is 12.0. The summed E-state index contributed by atoms with van der Waals surface area (Å²) < 4.78 is 118. The van der Waals surface area contributed by atoms with Gasteiger partial charge in [0.25, 0.3) is 5.60 Å². The van der Waals surface area contributed by atoms with Gasteiger partial charge < -0.3 is 10.4 Å². The smallest absolute Gasteiger partial charge is 0.369 e. The van der Waals surface area contributed by atoms with E-state index in [9.17, 15) is 49.1 Å². The number of nitrogens with zero attached hydrogens (tertiary/aromatic N) is 1. The molecule has 0 aromatic heterocycles. The molecule has 2 aromatic rings. The minimum atomic E-state index is -6.13. The number of rotatable bonds is 6. The second-order valence-corrected chi connectivity index (χ2v) is 11.8. The largest absolute Gasteiger partial charge is 0.430 e. The molecule has 0 saturated heterocycles. The van der Waals surface area contributed by atoms with Crippen molar-refractivity contribution in [3.8, 4) is 6.07 Å². The van der Waals surface area contributed by atoms with Gasteiger partial charge in [0.15, 0.2) is 9.84 Å². The van der Waals surface area contributed by atoms with Crippen LogP contribution in [0.25, 0.3) is 0 Å². The molecule has 1 aliphatic rings. The number of carbonyl (C=O) groups excluding carboxylic acids is 1. The number of nitriles is 1. The number of carbonyl (C=O) groups is 1. The number of amides is 1. The molecule has 1 amide bonds. The summed E-state index contributed by atoms with van der Waals surface area (Å²) in [7, 11) is -4.44. The van der Waals surface area contributed by atoms with Crippen molar-refractivity contribution in [2.24, 2.45) is 5.41 Å². The van der Waals surface area contributed by atoms with Gasteiger partial charge in [-0.3, -0.25) is 4.79 Å². The maximum atomic E-state index is 13.6. The number of halogens is 7. The van der Waals surface area contributed by atoms with Gasteiger partial charge in [-0.25, -0.2) is 12.8 Å². The molecule has 0 bridgehead atoms. The van der Waals surface area contributed by atoms with Gasteiger partial charge in [-0.2, -0.15) is 31.6 Å². The number of alkyl halides is 6. The first-order valence-corrected chi connectivity index (χ1v) is 12.4. The Hall–Kier alpha value is -3.18. The molecule has 14 heteroatoms. The molecule has 1 fully saturated rings. The van der Waals surface area contributed by atoms with Crippen molar-refractivity contribution in [3.05, 3.63) is 65.5 Å². The number of hydrogen-bond acceptors (Lipinski definition) is 5. The second kappa shape index (κ2) is 9.23. The summed E-state index contributed by atoms with van der Waals surface area (Å²) in [6.07, 6.45) is -13.0. The van der Waals surface area contributed by atoms with E-state index in [1.807, 2.05) is 0 Å². The van der Waals surface area contributed by atoms with Crippen LogP contribution in [0.1, 0.15) is 37.8 Å². The minimum absolute atomic E-state index is 0.206. The zero-order chi connectivity index (χ0) is 28.9. The second-order valence-electron chi connectivity index (χ2n) is 9.55. The lowest BCUT2D eigenvalue weighted by atomic mass is 9.73. The van der Waals surface area contributed by atoms with E-state index in [1.165, 1.54) is 13.8 Å². The molecule has 38 heavy (non-hydrogen) atoms. The third-order valence-corrected chi connectivity index (χ3v) is 9.11. The standard InChI is InChI=1S/C24H21F7N2O4S/c1-20(2,13-32)19(34)33-17-11-21(12-17,38(36,37)18-9-7-16(25)8-10-18)14-3-5-15(6-4-14)22(35,23(26,27)28)24(29,30)31/h3-10,17,35H,11-12H2,1-2H3,(H,33,34). The van der Waals surface area contributed by atoms with Crippen LogP contribution < -0.4 is 5.32 Å². The van der Waals surface area contributed by atoms with E-state index >= 15 is 0 Å². The highest BCUT2D eigenvalue weighted by molar-refractivity contribution is 7.92. The van der Waals surface area contributed by atoms with E-state index in [0.717, 1.165) is 36.4 Å². The molecule has 0 radical (unpaired) electrons. The highest BCUT2D eigenvalue weighted by Gasteiger charge is 2.71. The van der Waals surface area contributed by atoms with Gasteiger partial charge in [-0.1, -0.05) is 24.3 Å². The SMILES string of the molecule is CC(C)(C#N)C(=O)NC1CC(c2ccc(C(O)(C(F)(F)F)C(F)(F)F)cc2)(S(=O)(=O)c2ccc(F)cc2)C1. The lowest BCUT2D eigenvalue weighted by Crippen LogP contribution is -2.58. The lowest BCUT2D eigenvalue weighted by molar-refractivity contribution is -0.376. The highest BCUT2D eigenvalue weighted by atomic mass is 32.2. The fourth-order valence-electron chi connectivity index (χ4n) is 4.21. The summed E-state index contributed by atoms with van der Waals surface area (Å²) in [5.74, 6) is -1.47. The van der Waals surface area contributed by atoms with E-state index in [0.29, 0.717) is 12.1 Å². The quantitative estimate of drug-likeness (QED) is 0.392. The Morgan fingerprint density at radius 3 is 1.87 bits per heavy atom. The Morgan fingerprint density at radius 1 is 0.974 bits per heavy atom. The molecule has 1 saturated carbocycles. The average molecular weight is 566 g/mol. The van der Waals surface area contributed by atoms with Gasteiger partial charge in [-0.05, 0) is 56.5 Å². The highest BCUT2D eigenvalue weighted by Crippen LogP contribution is 2.53. The monoisotopic (exact) mass is 566 g/mol. The van der Waals surface area contributed by atoms with E-state index in [1.54, 1.807) is 6.07 Å². The van der Waals surface area contributed by atoms with E-state index in [2.05, 4.69) is 5.32 Å². The van der Waals surface area contributed by atoms with Gasteiger partial charge in [0, 0.05) is 11.6 Å². The number of benzene rings is 2. The van der Waals surface area contributed by atoms with E-state index < -0.39 is 61.3 Å². The first-order chi connectivity index (χ1) is 17.2. The Labute approximate surface area is 213 Å². The molecule has 1 aliphatic carbocycles. The first kappa shape index (κ1) is 29.4. The summed E-state index contributed by atoms with van der Waals surface area (Å²) in [5, 5.41) is 21.3. The van der Waals surface area contributed by atoms with Crippen LogP contribution in [0.5, 0.6) is 0 Å². The van der Waals surface area contributed by atoms with Crippen molar-refractivity contribution in [1.29, 1.82) is 5.26 Å². The average Bonchev–Trinajstić information content (AvgIpc) is 2.79. The summed E-state index contributed by atoms with van der Waals surface area (Å²) in [5.41, 5.74) is -8.45. The molecule has 3 rings (SSSR count). The van der Waals surface area contributed by atoms with Crippen LogP contribution in [0.15, 0.2) is 53.4 Å². The Balaban J connectivity index is 2.08. The molecule has 6 nitrogen and oxygen atoms in total. The van der Waals surface area contributed by atoms with Crippen molar-refractivity contribution in [2.45, 2.75) is 60.3 Å². The molecule has 206 valence electrons. The van der Waals surface area contributed by atoms with Crippen molar-refractivity contribution >= 4 is 15.7 Å².